The van der Waals surface area contributed by atoms with Gasteiger partial charge in [-0.25, -0.2) is 17.6 Å². The van der Waals surface area contributed by atoms with E-state index < -0.39 is 27.6 Å². The molecule has 0 saturated heterocycles. The molecular weight excluding hydrogens is 313 g/mol. The fraction of sp³-hybridized carbons (Fsp3) is 0.214. The van der Waals surface area contributed by atoms with E-state index in [1.165, 1.54) is 13.0 Å². The van der Waals surface area contributed by atoms with E-state index in [9.17, 15) is 17.6 Å². The normalized spacial score (nSPS) is 14.2. The number of halogens is 1. The molecule has 0 aliphatic carbocycles. The number of aromatic carboxylic acids is 1. The van der Waals surface area contributed by atoms with Crippen molar-refractivity contribution in [3.8, 4) is 0 Å². The van der Waals surface area contributed by atoms with Crippen LogP contribution < -0.4 is 4.31 Å². The van der Waals surface area contributed by atoms with Gasteiger partial charge in [0, 0.05) is 12.6 Å². The van der Waals surface area contributed by atoms with E-state index in [0.717, 1.165) is 22.0 Å². The van der Waals surface area contributed by atoms with Gasteiger partial charge in [-0.05, 0) is 31.0 Å². The summed E-state index contributed by atoms with van der Waals surface area (Å²) < 4.78 is 44.9. The molecule has 1 aliphatic heterocycles. The lowest BCUT2D eigenvalue weighted by Gasteiger charge is -2.18. The van der Waals surface area contributed by atoms with Crippen LogP contribution in [0.2, 0.25) is 0 Å². The van der Waals surface area contributed by atoms with Crippen molar-refractivity contribution in [1.82, 2.24) is 0 Å². The molecule has 2 heterocycles. The van der Waals surface area contributed by atoms with Crippen LogP contribution in [0.1, 0.15) is 21.9 Å². The van der Waals surface area contributed by atoms with Gasteiger partial charge in [0.1, 0.15) is 16.5 Å². The van der Waals surface area contributed by atoms with Gasteiger partial charge in [0.15, 0.2) is 0 Å². The van der Waals surface area contributed by atoms with E-state index in [-0.39, 0.29) is 22.9 Å². The number of rotatable bonds is 3. The van der Waals surface area contributed by atoms with Crippen LogP contribution in [0.4, 0.5) is 10.1 Å². The summed E-state index contributed by atoms with van der Waals surface area (Å²) in [5.41, 5.74) is 1.00. The second-order valence-electron chi connectivity index (χ2n) is 4.94. The van der Waals surface area contributed by atoms with E-state index in [1.54, 1.807) is 6.07 Å². The molecule has 2 aromatic rings. The zero-order chi connectivity index (χ0) is 16.1. The highest BCUT2D eigenvalue weighted by Gasteiger charge is 2.34. The van der Waals surface area contributed by atoms with Crippen LogP contribution >= 0.6 is 0 Å². The minimum Gasteiger partial charge on any atom is -0.475 e. The van der Waals surface area contributed by atoms with Crippen LogP contribution in [0.25, 0.3) is 0 Å². The lowest BCUT2D eigenvalue weighted by Crippen LogP contribution is -2.29. The Morgan fingerprint density at radius 1 is 1.36 bits per heavy atom. The molecule has 8 heteroatoms. The van der Waals surface area contributed by atoms with Crippen LogP contribution in [-0.2, 0) is 16.4 Å². The number of carboxylic acids is 1. The van der Waals surface area contributed by atoms with E-state index in [4.69, 9.17) is 9.52 Å². The Morgan fingerprint density at radius 2 is 2.09 bits per heavy atom. The minimum atomic E-state index is -4.00. The molecule has 1 aliphatic rings. The van der Waals surface area contributed by atoms with Crippen molar-refractivity contribution in [2.75, 3.05) is 10.8 Å². The lowest BCUT2D eigenvalue weighted by molar-refractivity contribution is 0.0661. The molecule has 0 spiro atoms. The predicted octanol–water partition coefficient (Wildman–Crippen LogP) is 2.18. The third-order valence-electron chi connectivity index (χ3n) is 3.55. The van der Waals surface area contributed by atoms with Crippen molar-refractivity contribution in [3.05, 3.63) is 47.2 Å². The number of sulfonamides is 1. The molecule has 1 aromatic heterocycles. The average Bonchev–Trinajstić information content (AvgIpc) is 3.02. The van der Waals surface area contributed by atoms with Crippen molar-refractivity contribution in [2.45, 2.75) is 18.2 Å². The van der Waals surface area contributed by atoms with Crippen LogP contribution in [0.3, 0.4) is 0 Å². The highest BCUT2D eigenvalue weighted by atomic mass is 32.2. The van der Waals surface area contributed by atoms with Gasteiger partial charge < -0.3 is 9.52 Å². The minimum absolute atomic E-state index is 0.0118. The molecule has 0 fully saturated rings. The summed E-state index contributed by atoms with van der Waals surface area (Å²) in [6.07, 6.45) is 0.470. The second-order valence-corrected chi connectivity index (χ2v) is 6.77. The predicted molar refractivity (Wildman–Crippen MR) is 75.0 cm³/mol. The first-order valence-corrected chi connectivity index (χ1v) is 7.89. The molecule has 0 bridgehead atoms. The maximum atomic E-state index is 13.4. The summed E-state index contributed by atoms with van der Waals surface area (Å²) >= 11 is 0. The first kappa shape index (κ1) is 14.6. The Morgan fingerprint density at radius 3 is 2.73 bits per heavy atom. The van der Waals surface area contributed by atoms with Crippen molar-refractivity contribution in [1.29, 1.82) is 0 Å². The number of anilines is 1. The van der Waals surface area contributed by atoms with Gasteiger partial charge in [-0.15, -0.1) is 0 Å². The quantitative estimate of drug-likeness (QED) is 0.934. The first-order chi connectivity index (χ1) is 10.3. The zero-order valence-electron chi connectivity index (χ0n) is 11.5. The smallest absolute Gasteiger partial charge is 0.371 e. The topological polar surface area (TPSA) is 87.8 Å². The van der Waals surface area contributed by atoms with Gasteiger partial charge in [0.05, 0.1) is 5.69 Å². The maximum absolute atomic E-state index is 13.4. The van der Waals surface area contributed by atoms with E-state index in [2.05, 4.69) is 0 Å². The van der Waals surface area contributed by atoms with Gasteiger partial charge in [-0.2, -0.15) is 0 Å². The summed E-state index contributed by atoms with van der Waals surface area (Å²) in [7, 11) is -4.00. The number of carbonyl (C=O) groups is 1. The summed E-state index contributed by atoms with van der Waals surface area (Å²) in [6, 6.07) is 4.96. The monoisotopic (exact) mass is 325 g/mol. The highest BCUT2D eigenvalue weighted by molar-refractivity contribution is 7.93. The number of hydrogen-bond donors (Lipinski definition) is 1. The number of furan rings is 1. The van der Waals surface area contributed by atoms with Crippen molar-refractivity contribution in [3.63, 3.8) is 0 Å². The third-order valence-corrected chi connectivity index (χ3v) is 5.47. The van der Waals surface area contributed by atoms with Crippen LogP contribution in [0, 0.1) is 12.7 Å². The van der Waals surface area contributed by atoms with E-state index >= 15 is 0 Å². The molecule has 3 rings (SSSR count). The fourth-order valence-corrected chi connectivity index (χ4v) is 4.18. The maximum Gasteiger partial charge on any atom is 0.371 e. The summed E-state index contributed by atoms with van der Waals surface area (Å²) in [5.74, 6) is -2.34. The Balaban J connectivity index is 2.10. The lowest BCUT2D eigenvalue weighted by atomic mass is 10.2. The number of benzene rings is 1. The fourth-order valence-electron chi connectivity index (χ4n) is 2.52. The van der Waals surface area contributed by atoms with Crippen LogP contribution in [0.15, 0.2) is 33.6 Å². The molecule has 6 nitrogen and oxygen atoms in total. The highest BCUT2D eigenvalue weighted by Crippen LogP contribution is 2.35. The molecule has 0 amide bonds. The number of nitrogens with zero attached hydrogens (tertiary/aromatic N) is 1. The molecule has 116 valence electrons. The Kier molecular flexibility index (Phi) is 3.21. The molecule has 22 heavy (non-hydrogen) atoms. The van der Waals surface area contributed by atoms with E-state index in [1.807, 2.05) is 0 Å². The zero-order valence-corrected chi connectivity index (χ0v) is 12.4. The van der Waals surface area contributed by atoms with Crippen molar-refractivity contribution in [2.24, 2.45) is 0 Å². The third kappa shape index (κ3) is 2.16. The molecule has 0 saturated carbocycles. The Labute approximate surface area is 125 Å². The van der Waals surface area contributed by atoms with Gasteiger partial charge in [0.25, 0.3) is 10.0 Å². The standard InChI is InChI=1S/C14H12FNO5S/c1-8-13(7-12(21-8)14(17)18)22(19,20)16-5-4-9-2-3-10(15)6-11(9)16/h2-3,6-7H,4-5H2,1H3,(H,17,18). The number of fused-ring (bicyclic) bond motifs is 1. The van der Waals surface area contributed by atoms with Gasteiger partial charge in [0.2, 0.25) is 5.76 Å². The van der Waals surface area contributed by atoms with Crippen molar-refractivity contribution < 1.29 is 27.1 Å². The Bertz CT molecular complexity index is 871. The van der Waals surface area contributed by atoms with Gasteiger partial charge in [-0.1, -0.05) is 6.07 Å². The number of hydrogen-bond acceptors (Lipinski definition) is 4. The summed E-state index contributed by atoms with van der Waals surface area (Å²) in [5, 5.41) is 8.90. The molecule has 1 aromatic carbocycles. The summed E-state index contributed by atoms with van der Waals surface area (Å²) in [6.45, 7) is 1.55. The van der Waals surface area contributed by atoms with Crippen LogP contribution in [0.5, 0.6) is 0 Å². The van der Waals surface area contributed by atoms with E-state index in [0.29, 0.717) is 6.42 Å². The molecule has 0 unspecified atom stereocenters. The summed E-state index contributed by atoms with van der Waals surface area (Å²) in [4.78, 5) is 10.7. The van der Waals surface area contributed by atoms with Gasteiger partial charge >= 0.3 is 5.97 Å². The first-order valence-electron chi connectivity index (χ1n) is 6.45. The molecule has 0 radical (unpaired) electrons. The molecular formula is C14H12FNO5S. The SMILES string of the molecule is Cc1oc(C(=O)O)cc1S(=O)(=O)N1CCc2ccc(F)cc21. The molecule has 1 N–H and O–H groups in total. The largest absolute Gasteiger partial charge is 0.475 e. The average molecular weight is 325 g/mol. The Hall–Kier alpha value is -2.35. The second kappa shape index (κ2) is 4.84. The van der Waals surface area contributed by atoms with Crippen LogP contribution in [-0.4, -0.2) is 26.0 Å². The molecule has 0 atom stereocenters. The number of carboxylic acid groups (broad SMARTS) is 1. The van der Waals surface area contributed by atoms with Gasteiger partial charge in [-0.3, -0.25) is 4.31 Å². The van der Waals surface area contributed by atoms with Crippen molar-refractivity contribution >= 4 is 21.7 Å². The number of aryl methyl sites for hydroxylation is 1.